The average molecular weight is 243 g/mol. The summed E-state index contributed by atoms with van der Waals surface area (Å²) in [6.07, 6.45) is 0.849. The highest BCUT2D eigenvalue weighted by atomic mass is 16.5. The Labute approximate surface area is 102 Å². The van der Waals surface area contributed by atoms with Gasteiger partial charge < -0.3 is 14.7 Å². The van der Waals surface area contributed by atoms with Gasteiger partial charge in [0.1, 0.15) is 0 Å². The topological polar surface area (TPSA) is 85.7 Å². The summed E-state index contributed by atoms with van der Waals surface area (Å²) in [6, 6.07) is -0.386. The molecule has 0 saturated heterocycles. The average Bonchev–Trinajstić information content (AvgIpc) is 2.25. The van der Waals surface area contributed by atoms with E-state index in [1.54, 1.807) is 13.0 Å². The van der Waals surface area contributed by atoms with Crippen LogP contribution in [0.2, 0.25) is 0 Å². The second-order valence-electron chi connectivity index (χ2n) is 3.57. The van der Waals surface area contributed by atoms with Crippen molar-refractivity contribution < 1.29 is 14.6 Å². The van der Waals surface area contributed by atoms with E-state index in [4.69, 9.17) is 10.1 Å². The molecular weight excluding hydrogens is 222 g/mol. The summed E-state index contributed by atoms with van der Waals surface area (Å²) in [6.45, 7) is 7.93. The van der Waals surface area contributed by atoms with Gasteiger partial charge in [0.15, 0.2) is 0 Å². The first-order chi connectivity index (χ1) is 8.01. The predicted molar refractivity (Wildman–Crippen MR) is 66.2 cm³/mol. The summed E-state index contributed by atoms with van der Waals surface area (Å²) < 4.78 is 5.08. The third-order valence-corrected chi connectivity index (χ3v) is 1.94. The molecule has 6 nitrogen and oxygen atoms in total. The summed E-state index contributed by atoms with van der Waals surface area (Å²) in [5.74, 6) is 0.0749. The Balaban J connectivity index is 4.05. The molecule has 0 bridgehead atoms. The van der Waals surface area contributed by atoms with Crippen molar-refractivity contribution in [2.45, 2.75) is 20.0 Å². The van der Waals surface area contributed by atoms with E-state index in [1.807, 2.05) is 0 Å². The molecule has 0 saturated carbocycles. The van der Waals surface area contributed by atoms with E-state index < -0.39 is 6.10 Å². The quantitative estimate of drug-likeness (QED) is 0.264. The van der Waals surface area contributed by atoms with Crippen molar-refractivity contribution in [3.05, 3.63) is 12.7 Å². The lowest BCUT2D eigenvalue weighted by atomic mass is 10.3. The van der Waals surface area contributed by atoms with Crippen molar-refractivity contribution >= 4 is 11.9 Å². The van der Waals surface area contributed by atoms with Gasteiger partial charge in [0, 0.05) is 6.54 Å². The van der Waals surface area contributed by atoms with Gasteiger partial charge in [-0.3, -0.25) is 10.7 Å². The zero-order chi connectivity index (χ0) is 13.3. The summed E-state index contributed by atoms with van der Waals surface area (Å²) in [4.78, 5) is 13.0. The number of amides is 2. The predicted octanol–water partition coefficient (Wildman–Crippen LogP) is 0.579. The molecule has 0 aliphatic rings. The summed E-state index contributed by atoms with van der Waals surface area (Å²) in [7, 11) is 0. The maximum absolute atomic E-state index is 11.6. The van der Waals surface area contributed by atoms with Crippen LogP contribution >= 0.6 is 0 Å². The molecule has 0 aromatic carbocycles. The molecule has 1 unspecified atom stereocenters. The van der Waals surface area contributed by atoms with E-state index in [9.17, 15) is 9.90 Å². The summed E-state index contributed by atoms with van der Waals surface area (Å²) in [5, 5.41) is 19.1. The van der Waals surface area contributed by atoms with E-state index in [0.717, 1.165) is 0 Å². The van der Waals surface area contributed by atoms with Gasteiger partial charge in [-0.2, -0.15) is 0 Å². The number of rotatable bonds is 7. The monoisotopic (exact) mass is 243 g/mol. The lowest BCUT2D eigenvalue weighted by Gasteiger charge is -2.23. The molecular formula is C11H21N3O3. The largest absolute Gasteiger partial charge is 0.389 e. The number of carbonyl (C=O) groups is 1. The number of amidine groups is 1. The van der Waals surface area contributed by atoms with Crippen molar-refractivity contribution in [3.63, 3.8) is 0 Å². The Morgan fingerprint density at radius 1 is 1.71 bits per heavy atom. The number of nitrogens with zero attached hydrogens (tertiary/aromatic N) is 1. The van der Waals surface area contributed by atoms with E-state index in [-0.39, 0.29) is 25.0 Å². The molecule has 0 rings (SSSR count). The van der Waals surface area contributed by atoms with Crippen LogP contribution in [0, 0.1) is 5.41 Å². The van der Waals surface area contributed by atoms with Crippen molar-refractivity contribution in [1.29, 1.82) is 5.41 Å². The Morgan fingerprint density at radius 3 is 2.82 bits per heavy atom. The minimum atomic E-state index is -0.744. The van der Waals surface area contributed by atoms with Crippen LogP contribution in [0.3, 0.4) is 0 Å². The van der Waals surface area contributed by atoms with Crippen LogP contribution in [0.25, 0.3) is 0 Å². The van der Waals surface area contributed by atoms with Crippen LogP contribution in [0.4, 0.5) is 4.79 Å². The fourth-order valence-corrected chi connectivity index (χ4v) is 1.19. The maximum Gasteiger partial charge on any atom is 0.322 e. The lowest BCUT2D eigenvalue weighted by molar-refractivity contribution is 0.0337. The van der Waals surface area contributed by atoms with Gasteiger partial charge in [-0.1, -0.05) is 6.08 Å². The molecule has 1 atom stereocenters. The zero-order valence-electron chi connectivity index (χ0n) is 10.4. The smallest absolute Gasteiger partial charge is 0.322 e. The summed E-state index contributed by atoms with van der Waals surface area (Å²) in [5.41, 5.74) is 0. The highest BCUT2D eigenvalue weighted by Crippen LogP contribution is 1.95. The molecule has 17 heavy (non-hydrogen) atoms. The zero-order valence-corrected chi connectivity index (χ0v) is 10.4. The molecule has 98 valence electrons. The van der Waals surface area contributed by atoms with Crippen LogP contribution in [0.5, 0.6) is 0 Å². The van der Waals surface area contributed by atoms with Crippen molar-refractivity contribution in [1.82, 2.24) is 10.2 Å². The number of hydrogen-bond acceptors (Lipinski definition) is 4. The number of aliphatic hydroxyl groups is 1. The van der Waals surface area contributed by atoms with Gasteiger partial charge in [-0.25, -0.2) is 4.79 Å². The van der Waals surface area contributed by atoms with Crippen LogP contribution in [-0.2, 0) is 4.74 Å². The molecule has 0 spiro atoms. The molecule has 0 fully saturated rings. The normalized spacial score (nSPS) is 11.7. The highest BCUT2D eigenvalue weighted by molar-refractivity contribution is 5.94. The Hall–Kier alpha value is -1.40. The maximum atomic E-state index is 11.6. The van der Waals surface area contributed by atoms with Crippen molar-refractivity contribution in [2.24, 2.45) is 0 Å². The van der Waals surface area contributed by atoms with Gasteiger partial charge in [-0.05, 0) is 13.8 Å². The highest BCUT2D eigenvalue weighted by Gasteiger charge is 2.16. The molecule has 0 aromatic rings. The van der Waals surface area contributed by atoms with Gasteiger partial charge in [0.2, 0.25) is 0 Å². The lowest BCUT2D eigenvalue weighted by Crippen LogP contribution is -2.45. The second-order valence-corrected chi connectivity index (χ2v) is 3.57. The second kappa shape index (κ2) is 8.72. The van der Waals surface area contributed by atoms with E-state index in [2.05, 4.69) is 11.9 Å². The Morgan fingerprint density at radius 2 is 2.35 bits per heavy atom. The molecule has 3 N–H and O–H groups in total. The third-order valence-electron chi connectivity index (χ3n) is 1.94. The number of aliphatic hydroxyl groups excluding tert-OH is 1. The minimum Gasteiger partial charge on any atom is -0.389 e. The van der Waals surface area contributed by atoms with Gasteiger partial charge in [-0.15, -0.1) is 6.58 Å². The number of ether oxygens (including phenoxy) is 1. The number of hydrogen-bond donors (Lipinski definition) is 3. The molecule has 0 radical (unpaired) electrons. The molecule has 2 amide bonds. The Bertz CT molecular complexity index is 269. The molecule has 0 aliphatic heterocycles. The molecule has 0 aromatic heterocycles. The number of nitrogens with one attached hydrogen (secondary N) is 2. The summed E-state index contributed by atoms with van der Waals surface area (Å²) >= 11 is 0. The fourth-order valence-electron chi connectivity index (χ4n) is 1.19. The first-order valence-electron chi connectivity index (χ1n) is 5.49. The van der Waals surface area contributed by atoms with E-state index in [1.165, 1.54) is 11.8 Å². The minimum absolute atomic E-state index is 0.0749. The van der Waals surface area contributed by atoms with Crippen LogP contribution in [-0.4, -0.2) is 54.3 Å². The number of urea groups is 1. The molecule has 0 aliphatic carbocycles. The van der Waals surface area contributed by atoms with Crippen LogP contribution < -0.4 is 5.32 Å². The van der Waals surface area contributed by atoms with Crippen molar-refractivity contribution in [2.75, 3.05) is 26.3 Å². The third kappa shape index (κ3) is 7.48. The van der Waals surface area contributed by atoms with Gasteiger partial charge >= 0.3 is 6.03 Å². The van der Waals surface area contributed by atoms with Crippen LogP contribution in [0.15, 0.2) is 12.7 Å². The van der Waals surface area contributed by atoms with Gasteiger partial charge in [0.25, 0.3) is 0 Å². The first kappa shape index (κ1) is 15.6. The van der Waals surface area contributed by atoms with E-state index in [0.29, 0.717) is 13.2 Å². The number of carbonyl (C=O) groups excluding carboxylic acids is 1. The SMILES string of the molecule is C=CCOCC(O)CN(CC)C(=O)NC(C)=N. The standard InChI is InChI=1S/C11H21N3O3/c1-4-6-17-8-10(15)7-14(5-2)11(16)13-9(3)12/h4,10,15H,1,5-8H2,2-3H3,(H2,12,13,16). The van der Waals surface area contributed by atoms with E-state index >= 15 is 0 Å². The molecule has 0 heterocycles. The molecule has 6 heteroatoms. The van der Waals surface area contributed by atoms with Crippen LogP contribution in [0.1, 0.15) is 13.8 Å². The fraction of sp³-hybridized carbons (Fsp3) is 0.636. The van der Waals surface area contributed by atoms with Crippen molar-refractivity contribution in [3.8, 4) is 0 Å². The number of likely N-dealkylation sites (N-methyl/N-ethyl adjacent to an activating group) is 1. The first-order valence-corrected chi connectivity index (χ1v) is 5.49. The Kier molecular flexibility index (Phi) is 8.00. The van der Waals surface area contributed by atoms with Gasteiger partial charge in [0.05, 0.1) is 31.7 Å².